The molecule has 2 heteroatoms. The fourth-order valence-electron chi connectivity index (χ4n) is 1.83. The van der Waals surface area contributed by atoms with Crippen molar-refractivity contribution >= 4 is 0 Å². The summed E-state index contributed by atoms with van der Waals surface area (Å²) in [4.78, 5) is 3.24. The fraction of sp³-hybridized carbons (Fsp3) is 0.556. The van der Waals surface area contributed by atoms with Gasteiger partial charge in [0.2, 0.25) is 0 Å². The van der Waals surface area contributed by atoms with Gasteiger partial charge in [0.05, 0.1) is 6.61 Å². The second-order valence-electron chi connectivity index (χ2n) is 3.54. The van der Waals surface area contributed by atoms with Crippen LogP contribution in [-0.4, -0.2) is 11.6 Å². The smallest absolute Gasteiger partial charge is 0.134 e. The minimum absolute atomic E-state index is 0.128. The van der Waals surface area contributed by atoms with Gasteiger partial charge in [-0.2, -0.15) is 0 Å². The molecule has 2 heterocycles. The van der Waals surface area contributed by atoms with Crippen molar-refractivity contribution in [3.05, 3.63) is 24.0 Å². The number of epoxide rings is 1. The van der Waals surface area contributed by atoms with E-state index in [0.29, 0.717) is 0 Å². The first-order valence-electron chi connectivity index (χ1n) is 4.20. The average Bonchev–Trinajstić information content (AvgIpc) is 2.89. The van der Waals surface area contributed by atoms with Crippen LogP contribution in [0.2, 0.25) is 0 Å². The lowest BCUT2D eigenvalue weighted by atomic mass is 10.0. The van der Waals surface area contributed by atoms with Crippen LogP contribution in [0.3, 0.4) is 0 Å². The molecular weight excluding hydrogens is 138 g/mol. The summed E-state index contributed by atoms with van der Waals surface area (Å²) in [6, 6.07) is 4.17. The van der Waals surface area contributed by atoms with Gasteiger partial charge in [0, 0.05) is 11.9 Å². The standard InChI is InChI=1S/C9H11NO/c1-2-8(10-5-1)9(6-11-9)7-3-4-7/h1-2,5,7,10H,3-4,6H2. The molecule has 0 bridgehead atoms. The monoisotopic (exact) mass is 149 g/mol. The molecule has 0 radical (unpaired) electrons. The van der Waals surface area contributed by atoms with Crippen LogP contribution in [0.5, 0.6) is 0 Å². The van der Waals surface area contributed by atoms with Crippen molar-refractivity contribution in [1.82, 2.24) is 4.98 Å². The van der Waals surface area contributed by atoms with E-state index in [0.717, 1.165) is 12.5 Å². The summed E-state index contributed by atoms with van der Waals surface area (Å²) in [5, 5.41) is 0. The van der Waals surface area contributed by atoms with E-state index in [2.05, 4.69) is 11.1 Å². The Morgan fingerprint density at radius 3 is 2.82 bits per heavy atom. The molecule has 1 aliphatic heterocycles. The van der Waals surface area contributed by atoms with E-state index in [9.17, 15) is 0 Å². The maximum Gasteiger partial charge on any atom is 0.134 e. The van der Waals surface area contributed by atoms with Crippen molar-refractivity contribution < 1.29 is 4.74 Å². The summed E-state index contributed by atoms with van der Waals surface area (Å²) in [6.45, 7) is 0.929. The third-order valence-electron chi connectivity index (χ3n) is 2.75. The molecule has 1 aliphatic carbocycles. The van der Waals surface area contributed by atoms with Gasteiger partial charge in [0.1, 0.15) is 5.60 Å². The highest BCUT2D eigenvalue weighted by atomic mass is 16.6. The Labute approximate surface area is 65.6 Å². The highest BCUT2D eigenvalue weighted by Gasteiger charge is 2.57. The van der Waals surface area contributed by atoms with Gasteiger partial charge in [0.25, 0.3) is 0 Å². The highest BCUT2D eigenvalue weighted by molar-refractivity contribution is 5.23. The summed E-state index contributed by atoms with van der Waals surface area (Å²) in [6.07, 6.45) is 4.67. The lowest BCUT2D eigenvalue weighted by Crippen LogP contribution is -2.11. The van der Waals surface area contributed by atoms with E-state index in [1.807, 2.05) is 12.3 Å². The van der Waals surface area contributed by atoms with E-state index in [-0.39, 0.29) is 5.60 Å². The van der Waals surface area contributed by atoms with Crippen LogP contribution in [0.1, 0.15) is 18.5 Å². The van der Waals surface area contributed by atoms with Gasteiger partial charge in [-0.05, 0) is 30.9 Å². The van der Waals surface area contributed by atoms with E-state index < -0.39 is 0 Å². The topological polar surface area (TPSA) is 28.3 Å². The summed E-state index contributed by atoms with van der Waals surface area (Å²) >= 11 is 0. The molecule has 1 aromatic heterocycles. The third kappa shape index (κ3) is 0.703. The molecule has 0 aromatic carbocycles. The Morgan fingerprint density at radius 2 is 2.36 bits per heavy atom. The molecule has 1 atom stereocenters. The Hall–Kier alpha value is -0.760. The quantitative estimate of drug-likeness (QED) is 0.636. The predicted octanol–water partition coefficient (Wildman–Crippen LogP) is 1.65. The van der Waals surface area contributed by atoms with Crippen molar-refractivity contribution in [3.8, 4) is 0 Å². The number of H-pyrrole nitrogens is 1. The van der Waals surface area contributed by atoms with Crippen LogP contribution >= 0.6 is 0 Å². The summed E-state index contributed by atoms with van der Waals surface area (Å²) in [5.41, 5.74) is 1.41. The predicted molar refractivity (Wildman–Crippen MR) is 41.1 cm³/mol. The van der Waals surface area contributed by atoms with Gasteiger partial charge in [-0.3, -0.25) is 0 Å². The molecule has 0 amide bonds. The SMILES string of the molecule is c1c[nH]c(C2(C3CC3)CO2)c1. The Balaban J connectivity index is 1.97. The van der Waals surface area contributed by atoms with Crippen LogP contribution < -0.4 is 0 Å². The lowest BCUT2D eigenvalue weighted by molar-refractivity contribution is 0.273. The molecule has 1 N–H and O–H groups in total. The third-order valence-corrected chi connectivity index (χ3v) is 2.75. The molecular formula is C9H11NO. The number of hydrogen-bond donors (Lipinski definition) is 1. The molecule has 1 unspecified atom stereocenters. The number of aromatic nitrogens is 1. The zero-order valence-corrected chi connectivity index (χ0v) is 6.34. The summed E-state index contributed by atoms with van der Waals surface area (Å²) in [7, 11) is 0. The number of hydrogen-bond acceptors (Lipinski definition) is 1. The number of rotatable bonds is 2. The second-order valence-corrected chi connectivity index (χ2v) is 3.54. The van der Waals surface area contributed by atoms with Crippen LogP contribution in [0.15, 0.2) is 18.3 Å². The van der Waals surface area contributed by atoms with Crippen LogP contribution in [0.4, 0.5) is 0 Å². The van der Waals surface area contributed by atoms with E-state index in [1.54, 1.807) is 0 Å². The summed E-state index contributed by atoms with van der Waals surface area (Å²) in [5.74, 6) is 0.807. The minimum atomic E-state index is 0.128. The van der Waals surface area contributed by atoms with Gasteiger partial charge >= 0.3 is 0 Å². The molecule has 1 aromatic rings. The normalized spacial score (nSPS) is 35.6. The minimum Gasteiger partial charge on any atom is -0.363 e. The Morgan fingerprint density at radius 1 is 1.55 bits per heavy atom. The van der Waals surface area contributed by atoms with Gasteiger partial charge in [-0.15, -0.1) is 0 Å². The molecule has 1 saturated carbocycles. The molecule has 11 heavy (non-hydrogen) atoms. The first-order valence-corrected chi connectivity index (χ1v) is 4.20. The van der Waals surface area contributed by atoms with Crippen molar-refractivity contribution in [2.24, 2.45) is 5.92 Å². The van der Waals surface area contributed by atoms with Crippen LogP contribution in [0.25, 0.3) is 0 Å². The van der Waals surface area contributed by atoms with Gasteiger partial charge in [-0.25, -0.2) is 0 Å². The molecule has 58 valence electrons. The molecule has 0 spiro atoms. The largest absolute Gasteiger partial charge is 0.363 e. The second kappa shape index (κ2) is 1.69. The van der Waals surface area contributed by atoms with Crippen LogP contribution in [0, 0.1) is 5.92 Å². The van der Waals surface area contributed by atoms with Gasteiger partial charge in [0.15, 0.2) is 0 Å². The maximum atomic E-state index is 5.53. The molecule has 2 fully saturated rings. The maximum absolute atomic E-state index is 5.53. The van der Waals surface area contributed by atoms with Gasteiger partial charge in [-0.1, -0.05) is 0 Å². The van der Waals surface area contributed by atoms with Crippen molar-refractivity contribution in [2.75, 3.05) is 6.61 Å². The zero-order valence-electron chi connectivity index (χ0n) is 6.34. The lowest BCUT2D eigenvalue weighted by Gasteiger charge is -2.06. The average molecular weight is 149 g/mol. The zero-order chi connectivity index (χ0) is 7.31. The Bertz CT molecular complexity index is 257. The molecule has 1 saturated heterocycles. The number of nitrogens with one attached hydrogen (secondary N) is 1. The summed E-state index contributed by atoms with van der Waals surface area (Å²) < 4.78 is 5.53. The first kappa shape index (κ1) is 5.84. The molecule has 2 nitrogen and oxygen atoms in total. The molecule has 3 rings (SSSR count). The van der Waals surface area contributed by atoms with E-state index >= 15 is 0 Å². The van der Waals surface area contributed by atoms with Crippen molar-refractivity contribution in [3.63, 3.8) is 0 Å². The van der Waals surface area contributed by atoms with Crippen LogP contribution in [-0.2, 0) is 10.3 Å². The number of aromatic amines is 1. The Kier molecular flexibility index (Phi) is 0.899. The molecule has 2 aliphatic rings. The fourth-order valence-corrected chi connectivity index (χ4v) is 1.83. The van der Waals surface area contributed by atoms with Crippen molar-refractivity contribution in [2.45, 2.75) is 18.4 Å². The highest BCUT2D eigenvalue weighted by Crippen LogP contribution is 2.55. The first-order chi connectivity index (χ1) is 5.42. The van der Waals surface area contributed by atoms with E-state index in [4.69, 9.17) is 4.74 Å². The van der Waals surface area contributed by atoms with Gasteiger partial charge < -0.3 is 9.72 Å². The number of ether oxygens (including phenoxy) is 1. The van der Waals surface area contributed by atoms with E-state index in [1.165, 1.54) is 18.5 Å². The van der Waals surface area contributed by atoms with Crippen molar-refractivity contribution in [1.29, 1.82) is 0 Å².